The zero-order valence-electron chi connectivity index (χ0n) is 23.7. The number of imidazole rings is 1. The lowest BCUT2D eigenvalue weighted by atomic mass is 10.0. The number of fused-ring (bicyclic) bond motifs is 3. The molecule has 0 saturated carbocycles. The molecule has 2 N–H and O–H groups in total. The molecule has 1 atom stereocenters. The number of hydrogen-bond donors (Lipinski definition) is 2. The van der Waals surface area contributed by atoms with E-state index in [1.807, 2.05) is 43.6 Å². The molecule has 5 aromatic heterocycles. The minimum Gasteiger partial charge on any atom is -0.377 e. The van der Waals surface area contributed by atoms with Crippen LogP contribution in [0.5, 0.6) is 0 Å². The molecule has 11 nitrogen and oxygen atoms in total. The van der Waals surface area contributed by atoms with Gasteiger partial charge in [-0.3, -0.25) is 28.2 Å². The van der Waals surface area contributed by atoms with Crippen molar-refractivity contribution in [2.24, 2.45) is 14.1 Å². The Labute approximate surface area is 245 Å². The minimum absolute atomic E-state index is 0.152. The Balaban J connectivity index is 1.53. The number of pyridine rings is 2. The van der Waals surface area contributed by atoms with Gasteiger partial charge in [-0.25, -0.2) is 9.97 Å². The lowest BCUT2D eigenvalue weighted by Gasteiger charge is -2.21. The third-order valence-electron chi connectivity index (χ3n) is 7.29. The lowest BCUT2D eigenvalue weighted by Crippen LogP contribution is -2.22. The largest absolute Gasteiger partial charge is 0.377 e. The van der Waals surface area contributed by atoms with Crippen LogP contribution in [-0.4, -0.2) is 46.7 Å². The van der Waals surface area contributed by atoms with Gasteiger partial charge in [0.1, 0.15) is 28.5 Å². The summed E-state index contributed by atoms with van der Waals surface area (Å²) >= 11 is 6.27. The Kier molecular flexibility index (Phi) is 6.74. The van der Waals surface area contributed by atoms with Crippen LogP contribution in [-0.2, 0) is 14.1 Å². The first kappa shape index (κ1) is 27.2. The van der Waals surface area contributed by atoms with Crippen LogP contribution in [0.2, 0.25) is 5.15 Å². The van der Waals surface area contributed by atoms with Crippen LogP contribution >= 0.6 is 11.6 Å². The van der Waals surface area contributed by atoms with E-state index in [9.17, 15) is 9.59 Å². The number of carbonyl (C=O) groups excluding carboxylic acids is 1. The summed E-state index contributed by atoms with van der Waals surface area (Å²) in [7, 11) is 5.13. The smallest absolute Gasteiger partial charge is 0.269 e. The SMILES string of the molecule is CNC(=O)c1cc(-c2ncn3c4c(C(C)Nc5ccc(Cl)nc5-c5cnn(C)c5)cc(C)cc4c(=O)n(C)c23)ccn1. The van der Waals surface area contributed by atoms with Gasteiger partial charge in [0.15, 0.2) is 0 Å². The predicted molar refractivity (Wildman–Crippen MR) is 163 cm³/mol. The topological polar surface area (TPSA) is 124 Å². The average molecular weight is 582 g/mol. The molecule has 5 heterocycles. The van der Waals surface area contributed by atoms with Crippen molar-refractivity contribution >= 4 is 39.7 Å². The number of rotatable bonds is 6. The Morgan fingerprint density at radius 2 is 1.86 bits per heavy atom. The maximum atomic E-state index is 13.8. The van der Waals surface area contributed by atoms with E-state index >= 15 is 0 Å². The van der Waals surface area contributed by atoms with Crippen LogP contribution in [0.3, 0.4) is 0 Å². The molecule has 6 rings (SSSR count). The van der Waals surface area contributed by atoms with Crippen LogP contribution in [0.1, 0.15) is 34.6 Å². The number of benzene rings is 1. The van der Waals surface area contributed by atoms with Crippen molar-refractivity contribution in [3.05, 3.63) is 93.6 Å². The van der Waals surface area contributed by atoms with Gasteiger partial charge >= 0.3 is 0 Å². The predicted octanol–water partition coefficient (Wildman–Crippen LogP) is 4.54. The molecule has 1 aromatic carbocycles. The van der Waals surface area contributed by atoms with Gasteiger partial charge in [0.25, 0.3) is 11.5 Å². The van der Waals surface area contributed by atoms with E-state index in [1.54, 1.807) is 60.3 Å². The lowest BCUT2D eigenvalue weighted by molar-refractivity contribution is 0.0958. The molecule has 6 aromatic rings. The molecule has 0 aliphatic carbocycles. The second-order valence-electron chi connectivity index (χ2n) is 10.2. The Hall–Kier alpha value is -5.03. The molecule has 0 aliphatic heterocycles. The van der Waals surface area contributed by atoms with Crippen molar-refractivity contribution in [3.8, 4) is 22.5 Å². The van der Waals surface area contributed by atoms with Gasteiger partial charge in [0.2, 0.25) is 0 Å². The first-order chi connectivity index (χ1) is 20.2. The van der Waals surface area contributed by atoms with Crippen molar-refractivity contribution in [1.82, 2.24) is 39.0 Å². The van der Waals surface area contributed by atoms with Crippen molar-refractivity contribution in [2.45, 2.75) is 19.9 Å². The summed E-state index contributed by atoms with van der Waals surface area (Å²) in [5, 5.41) is 11.4. The number of hydrogen-bond acceptors (Lipinski definition) is 7. The fourth-order valence-electron chi connectivity index (χ4n) is 5.33. The number of aromatic nitrogens is 7. The molecular formula is C30H28ClN9O2. The van der Waals surface area contributed by atoms with Gasteiger partial charge in [0.05, 0.1) is 34.5 Å². The first-order valence-electron chi connectivity index (χ1n) is 13.3. The normalized spacial score (nSPS) is 12.1. The van der Waals surface area contributed by atoms with Crippen LogP contribution in [0.25, 0.3) is 39.1 Å². The minimum atomic E-state index is -0.306. The summed E-state index contributed by atoms with van der Waals surface area (Å²) in [6.45, 7) is 4.01. The highest BCUT2D eigenvalue weighted by Gasteiger charge is 2.22. The van der Waals surface area contributed by atoms with E-state index in [-0.39, 0.29) is 23.2 Å². The molecule has 0 radical (unpaired) electrons. The summed E-state index contributed by atoms with van der Waals surface area (Å²) in [4.78, 5) is 39.5. The third-order valence-corrected chi connectivity index (χ3v) is 7.50. The molecule has 0 bridgehead atoms. The standard InChI is InChI=1S/C30H28ClN9O2/c1-16-10-20(17(2)36-22-6-7-24(31)37-25(22)19-13-35-38(4)14-19)27-21(11-16)30(42)39(5)29-26(34-15-40(27)29)18-8-9-33-23(12-18)28(41)32-3/h6-15,17,36H,1-5H3,(H,32,41). The second kappa shape index (κ2) is 10.4. The van der Waals surface area contributed by atoms with E-state index < -0.39 is 0 Å². The van der Waals surface area contributed by atoms with Gasteiger partial charge in [-0.15, -0.1) is 0 Å². The number of anilines is 1. The molecule has 0 spiro atoms. The zero-order valence-corrected chi connectivity index (χ0v) is 24.4. The Bertz CT molecular complexity index is 2080. The van der Waals surface area contributed by atoms with Crippen LogP contribution in [0, 0.1) is 6.92 Å². The highest BCUT2D eigenvalue weighted by molar-refractivity contribution is 6.29. The van der Waals surface area contributed by atoms with Crippen molar-refractivity contribution < 1.29 is 4.79 Å². The van der Waals surface area contributed by atoms with E-state index in [0.717, 1.165) is 27.9 Å². The maximum Gasteiger partial charge on any atom is 0.269 e. The molecule has 42 heavy (non-hydrogen) atoms. The third kappa shape index (κ3) is 4.57. The highest BCUT2D eigenvalue weighted by atomic mass is 35.5. The van der Waals surface area contributed by atoms with E-state index in [1.165, 1.54) is 0 Å². The number of halogens is 1. The van der Waals surface area contributed by atoms with Gasteiger partial charge in [-0.2, -0.15) is 5.10 Å². The summed E-state index contributed by atoms with van der Waals surface area (Å²) in [5.41, 5.74) is 6.83. The molecule has 12 heteroatoms. The summed E-state index contributed by atoms with van der Waals surface area (Å²) in [6, 6.07) is 10.8. The van der Waals surface area contributed by atoms with Gasteiger partial charge in [-0.1, -0.05) is 17.7 Å². The van der Waals surface area contributed by atoms with E-state index in [0.29, 0.717) is 33.1 Å². The molecule has 1 amide bonds. The average Bonchev–Trinajstić information content (AvgIpc) is 3.62. The van der Waals surface area contributed by atoms with E-state index in [2.05, 4.69) is 31.8 Å². The summed E-state index contributed by atoms with van der Waals surface area (Å²) < 4.78 is 5.24. The van der Waals surface area contributed by atoms with Crippen molar-refractivity contribution in [2.75, 3.05) is 12.4 Å². The quantitative estimate of drug-likeness (QED) is 0.277. The highest BCUT2D eigenvalue weighted by Crippen LogP contribution is 2.34. The van der Waals surface area contributed by atoms with Crippen LogP contribution < -0.4 is 16.2 Å². The molecule has 0 saturated heterocycles. The molecular weight excluding hydrogens is 554 g/mol. The molecule has 212 valence electrons. The number of amides is 1. The zero-order chi connectivity index (χ0) is 29.7. The summed E-state index contributed by atoms with van der Waals surface area (Å²) in [5.74, 6) is -0.306. The van der Waals surface area contributed by atoms with Crippen LogP contribution in [0.15, 0.2) is 66.1 Å². The fourth-order valence-corrected chi connectivity index (χ4v) is 5.48. The fraction of sp³-hybridized carbons (Fsp3) is 0.200. The van der Waals surface area contributed by atoms with Gasteiger partial charge in [0, 0.05) is 44.7 Å². The van der Waals surface area contributed by atoms with Gasteiger partial charge in [-0.05, 0) is 55.3 Å². The molecule has 0 aliphatic rings. The molecule has 0 fully saturated rings. The number of aryl methyl sites for hydroxylation is 3. The molecule has 1 unspecified atom stereocenters. The van der Waals surface area contributed by atoms with E-state index in [4.69, 9.17) is 16.6 Å². The van der Waals surface area contributed by atoms with Gasteiger partial charge < -0.3 is 10.6 Å². The Morgan fingerprint density at radius 1 is 1.05 bits per heavy atom. The number of carbonyl (C=O) groups is 1. The van der Waals surface area contributed by atoms with Crippen molar-refractivity contribution in [3.63, 3.8) is 0 Å². The number of nitrogens with zero attached hydrogens (tertiary/aromatic N) is 7. The Morgan fingerprint density at radius 3 is 2.60 bits per heavy atom. The second-order valence-corrected chi connectivity index (χ2v) is 10.6. The monoisotopic (exact) mass is 581 g/mol. The van der Waals surface area contributed by atoms with Crippen LogP contribution in [0.4, 0.5) is 5.69 Å². The van der Waals surface area contributed by atoms with Crippen molar-refractivity contribution in [1.29, 1.82) is 0 Å². The summed E-state index contributed by atoms with van der Waals surface area (Å²) in [6.07, 6.45) is 6.89. The first-order valence-corrected chi connectivity index (χ1v) is 13.6. The number of nitrogens with one attached hydrogen (secondary N) is 2. The maximum absolute atomic E-state index is 13.8.